The molecule has 0 aliphatic heterocycles. The number of ether oxygens (including phenoxy) is 3. The lowest BCUT2D eigenvalue weighted by Crippen LogP contribution is -2.30. The zero-order valence-corrected chi connectivity index (χ0v) is 15.8. The summed E-state index contributed by atoms with van der Waals surface area (Å²) in [7, 11) is 1.36. The summed E-state index contributed by atoms with van der Waals surface area (Å²) in [6, 6.07) is 9.36. The lowest BCUT2D eigenvalue weighted by atomic mass is 10.1. The Morgan fingerprint density at radius 2 is 1.89 bits per heavy atom. The van der Waals surface area contributed by atoms with E-state index in [0.717, 1.165) is 0 Å². The van der Waals surface area contributed by atoms with Gasteiger partial charge in [-0.1, -0.05) is 29.3 Å². The predicted molar refractivity (Wildman–Crippen MR) is 98.3 cm³/mol. The maximum Gasteiger partial charge on any atom is 0.387 e. The van der Waals surface area contributed by atoms with Crippen molar-refractivity contribution in [2.75, 3.05) is 20.3 Å². The number of amides is 1. The third-order valence-corrected chi connectivity index (χ3v) is 4.18. The average Bonchev–Trinajstić information content (AvgIpc) is 2.62. The molecule has 2 rings (SSSR count). The SMILES string of the molecule is COc1ccc(CCNC(=O)COc2ccc(Cl)c(Cl)c2)cc1OC(F)F. The summed E-state index contributed by atoms with van der Waals surface area (Å²) in [6.07, 6.45) is 0.419. The highest BCUT2D eigenvalue weighted by atomic mass is 35.5. The van der Waals surface area contributed by atoms with Gasteiger partial charge in [-0.2, -0.15) is 8.78 Å². The van der Waals surface area contributed by atoms with Crippen molar-refractivity contribution < 1.29 is 27.8 Å². The van der Waals surface area contributed by atoms with Gasteiger partial charge in [-0.25, -0.2) is 0 Å². The van der Waals surface area contributed by atoms with Crippen molar-refractivity contribution >= 4 is 29.1 Å². The van der Waals surface area contributed by atoms with Gasteiger partial charge in [0, 0.05) is 12.6 Å². The molecule has 0 bridgehead atoms. The number of rotatable bonds is 9. The Morgan fingerprint density at radius 3 is 2.56 bits per heavy atom. The van der Waals surface area contributed by atoms with Crippen LogP contribution in [0.15, 0.2) is 36.4 Å². The summed E-state index contributed by atoms with van der Waals surface area (Å²) in [5.41, 5.74) is 0.706. The second-order valence-corrected chi connectivity index (χ2v) is 6.14. The Labute approximate surface area is 165 Å². The highest BCUT2D eigenvalue weighted by molar-refractivity contribution is 6.42. The molecule has 2 aromatic carbocycles. The standard InChI is InChI=1S/C18H17Cl2F2NO4/c1-25-15-5-2-11(8-16(15)27-18(21)22)6-7-23-17(24)10-26-12-3-4-13(19)14(20)9-12/h2-5,8-9,18H,6-7,10H2,1H3,(H,23,24). The zero-order chi connectivity index (χ0) is 19.8. The average molecular weight is 420 g/mol. The summed E-state index contributed by atoms with van der Waals surface area (Å²) in [5, 5.41) is 3.39. The first-order valence-corrected chi connectivity index (χ1v) is 8.61. The Kier molecular flexibility index (Phi) is 7.94. The lowest BCUT2D eigenvalue weighted by molar-refractivity contribution is -0.123. The van der Waals surface area contributed by atoms with Crippen LogP contribution in [0.4, 0.5) is 8.78 Å². The molecule has 0 saturated carbocycles. The normalized spacial score (nSPS) is 10.6. The van der Waals surface area contributed by atoms with Gasteiger partial charge in [-0.15, -0.1) is 0 Å². The van der Waals surface area contributed by atoms with Gasteiger partial charge in [0.1, 0.15) is 5.75 Å². The monoisotopic (exact) mass is 419 g/mol. The zero-order valence-electron chi connectivity index (χ0n) is 14.3. The maximum atomic E-state index is 12.4. The number of carbonyl (C=O) groups is 1. The van der Waals surface area contributed by atoms with Crippen LogP contribution >= 0.6 is 23.2 Å². The number of carbonyl (C=O) groups excluding carboxylic acids is 1. The number of halogens is 4. The molecular formula is C18H17Cl2F2NO4. The van der Waals surface area contributed by atoms with E-state index in [-0.39, 0.29) is 24.0 Å². The molecule has 0 atom stereocenters. The van der Waals surface area contributed by atoms with E-state index < -0.39 is 6.61 Å². The smallest absolute Gasteiger partial charge is 0.387 e. The van der Waals surface area contributed by atoms with Crippen molar-refractivity contribution in [1.29, 1.82) is 0 Å². The summed E-state index contributed by atoms with van der Waals surface area (Å²) < 4.78 is 39.6. The molecule has 0 radical (unpaired) electrons. The number of nitrogens with one attached hydrogen (secondary N) is 1. The number of methoxy groups -OCH3 is 1. The van der Waals surface area contributed by atoms with E-state index in [4.69, 9.17) is 32.7 Å². The van der Waals surface area contributed by atoms with Crippen LogP contribution in [0.25, 0.3) is 0 Å². The summed E-state index contributed by atoms with van der Waals surface area (Å²) in [5.74, 6) is 0.236. The topological polar surface area (TPSA) is 56.8 Å². The molecule has 0 heterocycles. The summed E-state index contributed by atoms with van der Waals surface area (Å²) in [6.45, 7) is -2.85. The quantitative estimate of drug-likeness (QED) is 0.656. The van der Waals surface area contributed by atoms with Crippen molar-refractivity contribution in [2.45, 2.75) is 13.0 Å². The molecule has 0 aromatic heterocycles. The van der Waals surface area contributed by atoms with Crippen LogP contribution in [0.3, 0.4) is 0 Å². The van der Waals surface area contributed by atoms with Crippen molar-refractivity contribution in [3.63, 3.8) is 0 Å². The van der Waals surface area contributed by atoms with Gasteiger partial charge in [-0.05, 0) is 36.2 Å². The van der Waals surface area contributed by atoms with Gasteiger partial charge >= 0.3 is 6.61 Å². The van der Waals surface area contributed by atoms with Gasteiger partial charge in [0.2, 0.25) is 0 Å². The summed E-state index contributed by atoms with van der Waals surface area (Å²) >= 11 is 11.7. The largest absolute Gasteiger partial charge is 0.493 e. The van der Waals surface area contributed by atoms with Crippen LogP contribution in [0.2, 0.25) is 10.0 Å². The first kappa shape index (κ1) is 21.1. The molecule has 0 spiro atoms. The third-order valence-electron chi connectivity index (χ3n) is 3.44. The molecule has 1 amide bonds. The Bertz CT molecular complexity index is 790. The van der Waals surface area contributed by atoms with Gasteiger partial charge < -0.3 is 19.5 Å². The third kappa shape index (κ3) is 6.77. The highest BCUT2D eigenvalue weighted by Crippen LogP contribution is 2.29. The predicted octanol–water partition coefficient (Wildman–Crippen LogP) is 4.34. The second kappa shape index (κ2) is 10.2. The van der Waals surface area contributed by atoms with Crippen LogP contribution < -0.4 is 19.5 Å². The molecule has 0 fully saturated rings. The number of hydrogen-bond donors (Lipinski definition) is 1. The first-order valence-electron chi connectivity index (χ1n) is 7.85. The highest BCUT2D eigenvalue weighted by Gasteiger charge is 2.11. The van der Waals surface area contributed by atoms with Crippen molar-refractivity contribution in [2.24, 2.45) is 0 Å². The fourth-order valence-electron chi connectivity index (χ4n) is 2.18. The van der Waals surface area contributed by atoms with Gasteiger partial charge in [-0.3, -0.25) is 4.79 Å². The van der Waals surface area contributed by atoms with E-state index in [2.05, 4.69) is 10.1 Å². The van der Waals surface area contributed by atoms with Crippen molar-refractivity contribution in [1.82, 2.24) is 5.32 Å². The molecule has 0 unspecified atom stereocenters. The lowest BCUT2D eigenvalue weighted by Gasteiger charge is -2.12. The van der Waals surface area contributed by atoms with Gasteiger partial charge in [0.05, 0.1) is 17.2 Å². The maximum absolute atomic E-state index is 12.4. The van der Waals surface area contributed by atoms with Gasteiger partial charge in [0.15, 0.2) is 18.1 Å². The van der Waals surface area contributed by atoms with Crippen molar-refractivity contribution in [3.8, 4) is 17.2 Å². The minimum atomic E-state index is -2.95. The Balaban J connectivity index is 1.81. The molecule has 1 N–H and O–H groups in total. The Morgan fingerprint density at radius 1 is 1.11 bits per heavy atom. The summed E-state index contributed by atoms with van der Waals surface area (Å²) in [4.78, 5) is 11.8. The molecule has 27 heavy (non-hydrogen) atoms. The molecule has 0 aliphatic rings. The van der Waals surface area contributed by atoms with Crippen LogP contribution in [-0.4, -0.2) is 32.8 Å². The molecule has 146 valence electrons. The fourth-order valence-corrected chi connectivity index (χ4v) is 2.47. The molecule has 0 aliphatic carbocycles. The first-order chi connectivity index (χ1) is 12.9. The Hall–Kier alpha value is -2.25. The molecule has 2 aromatic rings. The van der Waals surface area contributed by atoms with Gasteiger partial charge in [0.25, 0.3) is 5.91 Å². The molecular weight excluding hydrogens is 403 g/mol. The number of hydrogen-bond acceptors (Lipinski definition) is 4. The molecule has 0 saturated heterocycles. The second-order valence-electron chi connectivity index (χ2n) is 5.33. The van der Waals surface area contributed by atoms with E-state index in [1.54, 1.807) is 18.2 Å². The van der Waals surface area contributed by atoms with E-state index in [1.165, 1.54) is 25.3 Å². The van der Waals surface area contributed by atoms with E-state index >= 15 is 0 Å². The fraction of sp³-hybridized carbons (Fsp3) is 0.278. The number of alkyl halides is 2. The van der Waals surface area contributed by atoms with E-state index in [0.29, 0.717) is 34.3 Å². The minimum absolute atomic E-state index is 0.0562. The minimum Gasteiger partial charge on any atom is -0.493 e. The van der Waals surface area contributed by atoms with Crippen LogP contribution in [-0.2, 0) is 11.2 Å². The molecule has 5 nitrogen and oxygen atoms in total. The van der Waals surface area contributed by atoms with Crippen LogP contribution in [0.5, 0.6) is 17.2 Å². The van der Waals surface area contributed by atoms with E-state index in [1.807, 2.05) is 0 Å². The van der Waals surface area contributed by atoms with E-state index in [9.17, 15) is 13.6 Å². The number of benzene rings is 2. The van der Waals surface area contributed by atoms with Crippen molar-refractivity contribution in [3.05, 3.63) is 52.0 Å². The van der Waals surface area contributed by atoms with Crippen LogP contribution in [0.1, 0.15) is 5.56 Å². The van der Waals surface area contributed by atoms with Crippen LogP contribution in [0, 0.1) is 0 Å². The molecule has 9 heteroatoms.